The van der Waals surface area contributed by atoms with Gasteiger partial charge in [-0.3, -0.25) is 4.79 Å². The molecule has 0 heterocycles. The van der Waals surface area contributed by atoms with E-state index in [1.165, 1.54) is 6.07 Å². The van der Waals surface area contributed by atoms with Crippen molar-refractivity contribution < 1.29 is 17.6 Å². The minimum atomic E-state index is -3.43. The molecule has 0 atom stereocenters. The van der Waals surface area contributed by atoms with E-state index in [9.17, 15) is 17.6 Å². The summed E-state index contributed by atoms with van der Waals surface area (Å²) in [6.45, 7) is 4.11. The van der Waals surface area contributed by atoms with E-state index in [2.05, 4.69) is 5.32 Å². The molecular weight excluding hydrogens is 307 g/mol. The SMILES string of the molecule is CC(C)CN(CC(=O)NCCc1ccccc1F)S(C)(=O)=O. The molecule has 1 N–H and O–H groups in total. The van der Waals surface area contributed by atoms with Crippen LogP contribution in [0.25, 0.3) is 0 Å². The van der Waals surface area contributed by atoms with Crippen molar-refractivity contribution in [3.05, 3.63) is 35.6 Å². The number of nitrogens with zero attached hydrogens (tertiary/aromatic N) is 1. The molecule has 1 amide bonds. The fraction of sp³-hybridized carbons (Fsp3) is 0.533. The Balaban J connectivity index is 2.49. The largest absolute Gasteiger partial charge is 0.355 e. The lowest BCUT2D eigenvalue weighted by molar-refractivity contribution is -0.121. The first-order valence-electron chi connectivity index (χ1n) is 7.15. The predicted octanol–water partition coefficient (Wildman–Crippen LogP) is 1.40. The lowest BCUT2D eigenvalue weighted by Gasteiger charge is -2.21. The van der Waals surface area contributed by atoms with Gasteiger partial charge in [-0.05, 0) is 24.0 Å². The zero-order valence-corrected chi connectivity index (χ0v) is 14.0. The van der Waals surface area contributed by atoms with E-state index in [0.29, 0.717) is 18.5 Å². The Morgan fingerprint density at radius 2 is 1.95 bits per heavy atom. The zero-order chi connectivity index (χ0) is 16.8. The first-order valence-corrected chi connectivity index (χ1v) is 9.00. The maximum Gasteiger partial charge on any atom is 0.235 e. The Morgan fingerprint density at radius 3 is 2.50 bits per heavy atom. The molecule has 0 saturated carbocycles. The number of nitrogens with one attached hydrogen (secondary N) is 1. The van der Waals surface area contributed by atoms with E-state index in [1.54, 1.807) is 18.2 Å². The highest BCUT2D eigenvalue weighted by Crippen LogP contribution is 2.06. The first kappa shape index (κ1) is 18.6. The van der Waals surface area contributed by atoms with Gasteiger partial charge in [0.1, 0.15) is 5.82 Å². The minimum absolute atomic E-state index is 0.126. The maximum atomic E-state index is 13.4. The summed E-state index contributed by atoms with van der Waals surface area (Å²) in [4.78, 5) is 11.8. The average molecular weight is 330 g/mol. The fourth-order valence-corrected chi connectivity index (χ4v) is 2.90. The summed E-state index contributed by atoms with van der Waals surface area (Å²) in [6.07, 6.45) is 1.45. The number of hydrogen-bond acceptors (Lipinski definition) is 3. The molecular formula is C15H23FN2O3S. The summed E-state index contributed by atoms with van der Waals surface area (Å²) in [7, 11) is -3.43. The molecule has 1 aromatic rings. The van der Waals surface area contributed by atoms with Crippen LogP contribution in [0.5, 0.6) is 0 Å². The van der Waals surface area contributed by atoms with Crippen LogP contribution in [-0.4, -0.2) is 44.5 Å². The van der Waals surface area contributed by atoms with Crippen molar-refractivity contribution in [2.75, 3.05) is 25.9 Å². The van der Waals surface area contributed by atoms with Gasteiger partial charge in [-0.25, -0.2) is 12.8 Å². The zero-order valence-electron chi connectivity index (χ0n) is 13.2. The Hall–Kier alpha value is -1.47. The summed E-state index contributed by atoms with van der Waals surface area (Å²) in [6, 6.07) is 6.36. The molecule has 0 radical (unpaired) electrons. The minimum Gasteiger partial charge on any atom is -0.355 e. The lowest BCUT2D eigenvalue weighted by Crippen LogP contribution is -2.42. The van der Waals surface area contributed by atoms with Gasteiger partial charge in [0.05, 0.1) is 12.8 Å². The molecule has 0 bridgehead atoms. The van der Waals surface area contributed by atoms with E-state index in [4.69, 9.17) is 0 Å². The van der Waals surface area contributed by atoms with Crippen molar-refractivity contribution >= 4 is 15.9 Å². The van der Waals surface area contributed by atoms with E-state index < -0.39 is 10.0 Å². The van der Waals surface area contributed by atoms with Crippen molar-refractivity contribution in [1.29, 1.82) is 0 Å². The number of carbonyl (C=O) groups excluding carboxylic acids is 1. The van der Waals surface area contributed by atoms with Crippen molar-refractivity contribution in [3.8, 4) is 0 Å². The fourth-order valence-electron chi connectivity index (χ4n) is 1.98. The molecule has 0 saturated heterocycles. The van der Waals surface area contributed by atoms with E-state index in [0.717, 1.165) is 10.6 Å². The summed E-state index contributed by atoms with van der Waals surface area (Å²) < 4.78 is 37.8. The Morgan fingerprint density at radius 1 is 1.32 bits per heavy atom. The van der Waals surface area contributed by atoms with Crippen LogP contribution < -0.4 is 5.32 Å². The van der Waals surface area contributed by atoms with Crippen LogP contribution >= 0.6 is 0 Å². The average Bonchev–Trinajstić information content (AvgIpc) is 2.38. The molecule has 0 spiro atoms. The van der Waals surface area contributed by atoms with Crippen molar-refractivity contribution in [3.63, 3.8) is 0 Å². The molecule has 124 valence electrons. The van der Waals surface area contributed by atoms with Crippen LogP contribution in [0, 0.1) is 11.7 Å². The number of rotatable bonds is 8. The van der Waals surface area contributed by atoms with Crippen molar-refractivity contribution in [1.82, 2.24) is 9.62 Å². The van der Waals surface area contributed by atoms with Crippen LogP contribution in [0.2, 0.25) is 0 Å². The second-order valence-electron chi connectivity index (χ2n) is 5.64. The summed E-state index contributed by atoms with van der Waals surface area (Å²) in [5.74, 6) is -0.572. The van der Waals surface area contributed by atoms with Crippen LogP contribution in [-0.2, 0) is 21.2 Å². The van der Waals surface area contributed by atoms with Crippen LogP contribution in [0.3, 0.4) is 0 Å². The second-order valence-corrected chi connectivity index (χ2v) is 7.62. The van der Waals surface area contributed by atoms with Gasteiger partial charge in [-0.1, -0.05) is 32.0 Å². The molecule has 5 nitrogen and oxygen atoms in total. The Bertz CT molecular complexity index is 603. The van der Waals surface area contributed by atoms with Gasteiger partial charge in [0.2, 0.25) is 15.9 Å². The van der Waals surface area contributed by atoms with Gasteiger partial charge in [-0.15, -0.1) is 0 Å². The van der Waals surface area contributed by atoms with Gasteiger partial charge in [0.25, 0.3) is 0 Å². The molecule has 22 heavy (non-hydrogen) atoms. The Labute approximate surface area is 131 Å². The first-order chi connectivity index (χ1) is 10.2. The number of amides is 1. The molecule has 1 aromatic carbocycles. The quantitative estimate of drug-likeness (QED) is 0.783. The third kappa shape index (κ3) is 6.53. The van der Waals surface area contributed by atoms with E-state index >= 15 is 0 Å². The van der Waals surface area contributed by atoms with E-state index in [1.807, 2.05) is 13.8 Å². The predicted molar refractivity (Wildman–Crippen MR) is 84.4 cm³/mol. The molecule has 0 aliphatic rings. The van der Waals surface area contributed by atoms with Gasteiger partial charge in [-0.2, -0.15) is 4.31 Å². The van der Waals surface area contributed by atoms with Crippen molar-refractivity contribution in [2.24, 2.45) is 5.92 Å². The topological polar surface area (TPSA) is 66.5 Å². The standard InChI is InChI=1S/C15H23FN2O3S/c1-12(2)10-18(22(3,20)21)11-15(19)17-9-8-13-6-4-5-7-14(13)16/h4-7,12H,8-11H2,1-3H3,(H,17,19). The van der Waals surface area contributed by atoms with Gasteiger partial charge in [0.15, 0.2) is 0 Å². The molecule has 0 unspecified atom stereocenters. The highest BCUT2D eigenvalue weighted by Gasteiger charge is 2.20. The second kappa shape index (κ2) is 8.24. The monoisotopic (exact) mass is 330 g/mol. The third-order valence-electron chi connectivity index (χ3n) is 3.03. The van der Waals surface area contributed by atoms with Crippen LogP contribution in [0.15, 0.2) is 24.3 Å². The lowest BCUT2D eigenvalue weighted by atomic mass is 10.1. The third-order valence-corrected chi connectivity index (χ3v) is 4.25. The number of sulfonamides is 1. The van der Waals surface area contributed by atoms with Crippen molar-refractivity contribution in [2.45, 2.75) is 20.3 Å². The number of carbonyl (C=O) groups is 1. The maximum absolute atomic E-state index is 13.4. The normalized spacial score (nSPS) is 11.9. The van der Waals surface area contributed by atoms with E-state index in [-0.39, 0.29) is 30.7 Å². The van der Waals surface area contributed by atoms with Gasteiger partial charge in [0, 0.05) is 13.1 Å². The number of hydrogen-bond donors (Lipinski definition) is 1. The number of halogens is 1. The smallest absolute Gasteiger partial charge is 0.235 e. The highest BCUT2D eigenvalue weighted by molar-refractivity contribution is 7.88. The molecule has 0 aromatic heterocycles. The molecule has 0 aliphatic heterocycles. The summed E-state index contributed by atoms with van der Waals surface area (Å²) in [5.41, 5.74) is 0.518. The summed E-state index contributed by atoms with van der Waals surface area (Å²) >= 11 is 0. The van der Waals surface area contributed by atoms with Gasteiger partial charge >= 0.3 is 0 Å². The number of benzene rings is 1. The highest BCUT2D eigenvalue weighted by atomic mass is 32.2. The molecule has 0 fully saturated rings. The summed E-state index contributed by atoms with van der Waals surface area (Å²) in [5, 5.41) is 2.62. The van der Waals surface area contributed by atoms with Crippen LogP contribution in [0.1, 0.15) is 19.4 Å². The molecule has 1 rings (SSSR count). The van der Waals surface area contributed by atoms with Gasteiger partial charge < -0.3 is 5.32 Å². The Kier molecular flexibility index (Phi) is 6.96. The molecule has 7 heteroatoms. The van der Waals surface area contributed by atoms with Crippen LogP contribution in [0.4, 0.5) is 4.39 Å². The molecule has 0 aliphatic carbocycles.